The highest BCUT2D eigenvalue weighted by Gasteiger charge is 2.28. The van der Waals surface area contributed by atoms with E-state index in [0.717, 1.165) is 51.7 Å². The molecule has 0 saturated heterocycles. The molecule has 0 atom stereocenters. The van der Waals surface area contributed by atoms with Crippen LogP contribution in [0.2, 0.25) is 0 Å². The van der Waals surface area contributed by atoms with Crippen molar-refractivity contribution in [2.24, 2.45) is 0 Å². The van der Waals surface area contributed by atoms with E-state index in [2.05, 4.69) is 244 Å². The molecule has 0 amide bonds. The average molecular weight is 1720 g/mol. The second kappa shape index (κ2) is 53.6. The molecule has 0 aromatic heterocycles. The van der Waals surface area contributed by atoms with Crippen LogP contribution in [0.5, 0.6) is 23.0 Å². The fraction of sp³-hybridized carbons (Fsp3) is 0.0480. The van der Waals surface area contributed by atoms with Crippen LogP contribution < -0.4 is 9.47 Å². The quantitative estimate of drug-likeness (QED) is 0.0886. The lowest BCUT2D eigenvalue weighted by Gasteiger charge is -2.25. The highest BCUT2D eigenvalue weighted by Crippen LogP contribution is 2.32. The van der Waals surface area contributed by atoms with Gasteiger partial charge in [0.05, 0.1) is 0 Å². The van der Waals surface area contributed by atoms with Crippen molar-refractivity contribution < 1.29 is 33.4 Å². The minimum Gasteiger partial charge on any atom is -0.457 e. The molecule has 7 nitrogen and oxygen atoms in total. The molecule has 1 aliphatic carbocycles. The summed E-state index contributed by atoms with van der Waals surface area (Å²) in [5.74, 6) is 3.41. The van der Waals surface area contributed by atoms with Crippen LogP contribution >= 0.6 is 0 Å². The number of ketones is 5. The third kappa shape index (κ3) is 31.9. The Labute approximate surface area is 776 Å². The molecule has 0 bridgehead atoms. The van der Waals surface area contributed by atoms with E-state index in [4.69, 9.17) is 9.47 Å². The van der Waals surface area contributed by atoms with Gasteiger partial charge in [-0.1, -0.05) is 511 Å². The van der Waals surface area contributed by atoms with Gasteiger partial charge in [0.15, 0.2) is 28.9 Å². The van der Waals surface area contributed by atoms with Crippen LogP contribution in [0.15, 0.2) is 558 Å². The Kier molecular flexibility index (Phi) is 38.9. The van der Waals surface area contributed by atoms with Crippen molar-refractivity contribution in [2.75, 3.05) is 0 Å². The summed E-state index contributed by atoms with van der Waals surface area (Å²) in [6.07, 6.45) is 1.03. The van der Waals surface area contributed by atoms with Crippen LogP contribution in [0.25, 0.3) is 32.3 Å². The molecule has 20 aromatic carbocycles. The molecule has 0 aliphatic heterocycles. The molecular weight excluding hydrogens is 1610 g/mol. The Balaban J connectivity index is 0.000000142. The molecule has 0 saturated carbocycles. The maximum atomic E-state index is 12.1. The number of benzene rings is 20. The largest absolute Gasteiger partial charge is 0.457 e. The number of carbonyl (C=O) groups is 5. The first-order chi connectivity index (χ1) is 64.7. The molecule has 0 fully saturated rings. The fourth-order valence-electron chi connectivity index (χ4n) is 13.7. The lowest BCUT2D eigenvalue weighted by molar-refractivity contribution is 0.0979. The minimum absolute atomic E-state index is 0.0641. The highest BCUT2D eigenvalue weighted by atomic mass is 16.5. The van der Waals surface area contributed by atoms with Crippen molar-refractivity contribution in [1.82, 2.24) is 0 Å². The van der Waals surface area contributed by atoms with Gasteiger partial charge in [0.2, 0.25) is 0 Å². The van der Waals surface area contributed by atoms with Crippen molar-refractivity contribution in [3.8, 4) is 23.0 Å². The molecule has 7 heteroatoms. The first kappa shape index (κ1) is 95.8. The summed E-state index contributed by atoms with van der Waals surface area (Å²) in [5, 5.41) is 7.87. The van der Waals surface area contributed by atoms with Gasteiger partial charge >= 0.3 is 0 Å². The van der Waals surface area contributed by atoms with Crippen LogP contribution in [0.3, 0.4) is 0 Å². The molecule has 21 rings (SSSR count). The molecule has 0 spiro atoms. The van der Waals surface area contributed by atoms with Crippen LogP contribution in [-0.2, 0) is 11.8 Å². The minimum atomic E-state index is -0.0641. The van der Waals surface area contributed by atoms with E-state index in [-0.39, 0.29) is 34.3 Å². The summed E-state index contributed by atoms with van der Waals surface area (Å²) < 4.78 is 11.5. The number of para-hydroxylation sites is 2. The Morgan fingerprint density at radius 1 is 0.205 bits per heavy atom. The summed E-state index contributed by atoms with van der Waals surface area (Å²) in [5.41, 5.74) is 10.6. The number of Topliss-reactive ketones (excluding diaryl/α,β-unsaturated/α-hetero) is 2. The number of carbonyl (C=O) groups excluding carboxylic acids is 5. The van der Waals surface area contributed by atoms with Gasteiger partial charge < -0.3 is 9.47 Å². The van der Waals surface area contributed by atoms with E-state index in [9.17, 15) is 24.0 Å². The molecule has 132 heavy (non-hydrogen) atoms. The number of fused-ring (bicyclic) bond motifs is 5. The van der Waals surface area contributed by atoms with E-state index >= 15 is 0 Å². The molecule has 0 radical (unpaired) electrons. The average Bonchev–Trinajstić information content (AvgIpc) is 0.763. The van der Waals surface area contributed by atoms with Gasteiger partial charge in [-0.25, -0.2) is 0 Å². The zero-order chi connectivity index (χ0) is 92.3. The molecule has 0 heterocycles. The van der Waals surface area contributed by atoms with Gasteiger partial charge in [-0.05, 0) is 136 Å². The van der Waals surface area contributed by atoms with Gasteiger partial charge in [0, 0.05) is 49.9 Å². The van der Waals surface area contributed by atoms with Crippen molar-refractivity contribution in [3.63, 3.8) is 0 Å². The maximum Gasteiger partial charge on any atom is 0.194 e. The van der Waals surface area contributed by atoms with E-state index in [0.29, 0.717) is 22.3 Å². The predicted octanol–water partition coefficient (Wildman–Crippen LogP) is 31.9. The smallest absolute Gasteiger partial charge is 0.194 e. The molecular formula is C125H106O7. The van der Waals surface area contributed by atoms with Crippen molar-refractivity contribution >= 4 is 61.2 Å². The van der Waals surface area contributed by atoms with Crippen LogP contribution in [0.1, 0.15) is 118 Å². The Hall–Kier alpha value is -16.9. The first-order valence-corrected chi connectivity index (χ1v) is 43.8. The Morgan fingerprint density at radius 3 is 0.621 bits per heavy atom. The van der Waals surface area contributed by atoms with Crippen molar-refractivity contribution in [3.05, 3.63) is 625 Å². The van der Waals surface area contributed by atoms with E-state index in [1.807, 2.05) is 279 Å². The highest BCUT2D eigenvalue weighted by molar-refractivity contribution is 6.28. The summed E-state index contributed by atoms with van der Waals surface area (Å²) in [6, 6.07) is 182. The zero-order valence-corrected chi connectivity index (χ0v) is 74.7. The standard InChI is InChI=1S/C18H14O2.C15H16.C14H8O2.C14H10.C13H10O.C13H12.C10H8.2C8H8O.2C6H6/c1-3-7-15(8-4-1)19-17-11-13-18(14-12-17)20-16-9-5-2-6-10-16;1-15(2,13-9-5-3-6-10-13)14-11-7-4-8-12-14;15-13-9-5-1-2-6-10(9)14(16)12-8-4-3-7-11(12)13;1-2-6-12-10-14-8-4-3-7-13(14)9-11(12)5-1;14-13(11-7-3-1-4-8-11)12-9-5-2-6-10-12;1-3-7-12(8-4-1)11-13-9-5-2-6-10-13;1-2-6-10-8-4-3-7-9(10)5-1;2*1-7(9)8-5-3-2-4-6-8;2*1-2-4-6-5-3-1/h1-14H;3-12H,1-2H3;1-8H;2*1-10H;1-10H,11H2;1-8H;2*2-6H,1H3;2*1-6H. The second-order valence-corrected chi connectivity index (χ2v) is 30.7. The molecule has 0 N–H and O–H groups in total. The van der Waals surface area contributed by atoms with Crippen LogP contribution in [0.4, 0.5) is 0 Å². The molecule has 20 aromatic rings. The topological polar surface area (TPSA) is 104 Å². The van der Waals surface area contributed by atoms with Gasteiger partial charge in [-0.2, -0.15) is 0 Å². The number of hydrogen-bond acceptors (Lipinski definition) is 7. The molecule has 0 unspecified atom stereocenters. The SMILES string of the molecule is CC(=O)c1ccccc1.CC(=O)c1ccccc1.CC(C)(c1ccccc1)c1ccccc1.O=C(c1ccccc1)c1ccccc1.O=C1c2ccccc2C(=O)c2ccccc21.c1ccc(Cc2ccccc2)cc1.c1ccc(Oc2ccc(Oc3ccccc3)cc2)cc1.c1ccc2cc3ccccc3cc2c1.c1ccc2ccccc2c1.c1ccccc1.c1ccccc1. The van der Waals surface area contributed by atoms with Crippen LogP contribution in [0, 0.1) is 0 Å². The zero-order valence-electron chi connectivity index (χ0n) is 74.7. The fourth-order valence-corrected chi connectivity index (χ4v) is 13.7. The number of rotatable bonds is 12. The van der Waals surface area contributed by atoms with E-state index in [1.54, 1.807) is 62.4 Å². The summed E-state index contributed by atoms with van der Waals surface area (Å²) in [4.78, 5) is 57.3. The summed E-state index contributed by atoms with van der Waals surface area (Å²) >= 11 is 0. The van der Waals surface area contributed by atoms with Crippen molar-refractivity contribution in [2.45, 2.75) is 39.5 Å². The lowest BCUT2D eigenvalue weighted by atomic mass is 9.78. The Bertz CT molecular complexity index is 6140. The molecule has 648 valence electrons. The summed E-state index contributed by atoms with van der Waals surface area (Å²) in [7, 11) is 0. The third-order valence-corrected chi connectivity index (χ3v) is 20.7. The Morgan fingerprint density at radius 2 is 0.386 bits per heavy atom. The molecule has 1 aliphatic rings. The maximum absolute atomic E-state index is 12.1. The van der Waals surface area contributed by atoms with Gasteiger partial charge in [-0.3, -0.25) is 24.0 Å². The van der Waals surface area contributed by atoms with E-state index < -0.39 is 0 Å². The van der Waals surface area contributed by atoms with Crippen molar-refractivity contribution in [1.29, 1.82) is 0 Å². The second-order valence-electron chi connectivity index (χ2n) is 30.7. The van der Waals surface area contributed by atoms with Gasteiger partial charge in [0.1, 0.15) is 23.0 Å². The van der Waals surface area contributed by atoms with E-state index in [1.165, 1.54) is 54.6 Å². The lowest BCUT2D eigenvalue weighted by Crippen LogP contribution is -2.20. The van der Waals surface area contributed by atoms with Crippen LogP contribution in [-0.4, -0.2) is 28.9 Å². The number of ether oxygens (including phenoxy) is 2. The number of hydrogen-bond donors (Lipinski definition) is 0. The third-order valence-electron chi connectivity index (χ3n) is 20.7. The predicted molar refractivity (Wildman–Crippen MR) is 547 cm³/mol. The normalized spacial score (nSPS) is 10.3. The van der Waals surface area contributed by atoms with Gasteiger partial charge in [0.25, 0.3) is 0 Å². The monoisotopic (exact) mass is 1720 g/mol. The van der Waals surface area contributed by atoms with Gasteiger partial charge in [-0.15, -0.1) is 0 Å². The first-order valence-electron chi connectivity index (χ1n) is 43.8. The summed E-state index contributed by atoms with van der Waals surface area (Å²) in [6.45, 7) is 7.65.